The van der Waals surface area contributed by atoms with Crippen molar-refractivity contribution in [2.24, 2.45) is 5.73 Å². The Balaban J connectivity index is 2.02. The molecule has 1 aliphatic carbocycles. The van der Waals surface area contributed by atoms with Crippen molar-refractivity contribution in [3.63, 3.8) is 0 Å². The Bertz CT molecular complexity index is 313. The lowest BCUT2D eigenvalue weighted by molar-refractivity contribution is -0.146. The number of carboxylic acids is 1. The summed E-state index contributed by atoms with van der Waals surface area (Å²) < 4.78 is 5.72. The number of rotatable bonds is 2. The van der Waals surface area contributed by atoms with Gasteiger partial charge in [-0.1, -0.05) is 0 Å². The first-order chi connectivity index (χ1) is 8.40. The van der Waals surface area contributed by atoms with Crippen LogP contribution in [0.4, 0.5) is 0 Å². The van der Waals surface area contributed by atoms with Crippen LogP contribution in [0.15, 0.2) is 0 Å². The van der Waals surface area contributed by atoms with Gasteiger partial charge in [0.15, 0.2) is 0 Å². The Morgan fingerprint density at radius 2 is 2.00 bits per heavy atom. The zero-order chi connectivity index (χ0) is 13.3. The summed E-state index contributed by atoms with van der Waals surface area (Å²) in [5, 5.41) is 9.25. The Hall–Kier alpha value is -0.650. The van der Waals surface area contributed by atoms with Crippen LogP contribution in [0, 0.1) is 0 Å². The highest BCUT2D eigenvalue weighted by Gasteiger charge is 2.42. The number of ether oxygens (including phenoxy) is 1. The van der Waals surface area contributed by atoms with Gasteiger partial charge in [-0.25, -0.2) is 0 Å². The van der Waals surface area contributed by atoms with E-state index in [9.17, 15) is 9.90 Å². The molecule has 0 spiro atoms. The number of nitrogens with zero attached hydrogens (tertiary/aromatic N) is 1. The zero-order valence-electron chi connectivity index (χ0n) is 11.3. The monoisotopic (exact) mass is 256 g/mol. The van der Waals surface area contributed by atoms with Crippen molar-refractivity contribution in [3.8, 4) is 0 Å². The van der Waals surface area contributed by atoms with Crippen molar-refractivity contribution in [1.82, 2.24) is 4.90 Å². The Morgan fingerprint density at radius 1 is 1.39 bits per heavy atom. The fourth-order valence-electron chi connectivity index (χ4n) is 3.30. The first-order valence-electron chi connectivity index (χ1n) is 6.82. The van der Waals surface area contributed by atoms with E-state index >= 15 is 0 Å². The van der Waals surface area contributed by atoms with Gasteiger partial charge in [0, 0.05) is 19.1 Å². The molecule has 2 aliphatic rings. The lowest BCUT2D eigenvalue weighted by atomic mass is 9.79. The highest BCUT2D eigenvalue weighted by molar-refractivity contribution is 5.78. The van der Waals surface area contributed by atoms with Gasteiger partial charge in [-0.3, -0.25) is 9.69 Å². The van der Waals surface area contributed by atoms with Crippen molar-refractivity contribution in [2.45, 2.75) is 63.3 Å². The minimum absolute atomic E-state index is 0.215. The molecule has 4 atom stereocenters. The number of hydrogen-bond acceptors (Lipinski definition) is 4. The van der Waals surface area contributed by atoms with E-state index in [1.54, 1.807) is 0 Å². The van der Waals surface area contributed by atoms with Crippen LogP contribution in [0.2, 0.25) is 0 Å². The molecule has 4 unspecified atom stereocenters. The van der Waals surface area contributed by atoms with Crippen LogP contribution in [-0.2, 0) is 9.53 Å². The fraction of sp³-hybridized carbons (Fsp3) is 0.923. The second-order valence-electron chi connectivity index (χ2n) is 5.92. The molecule has 0 aromatic rings. The van der Waals surface area contributed by atoms with E-state index < -0.39 is 11.5 Å². The molecule has 0 aromatic carbocycles. The summed E-state index contributed by atoms with van der Waals surface area (Å²) in [6, 6.07) is 0.286. The normalized spacial score (nSPS) is 42.7. The molecule has 0 aromatic heterocycles. The number of aliphatic carboxylic acids is 1. The topological polar surface area (TPSA) is 75.8 Å². The lowest BCUT2D eigenvalue weighted by Crippen LogP contribution is -2.58. The highest BCUT2D eigenvalue weighted by atomic mass is 16.5. The molecule has 1 saturated carbocycles. The molecule has 5 heteroatoms. The van der Waals surface area contributed by atoms with Gasteiger partial charge in [0.05, 0.1) is 12.2 Å². The van der Waals surface area contributed by atoms with Crippen molar-refractivity contribution in [2.75, 3.05) is 13.1 Å². The quantitative estimate of drug-likeness (QED) is 0.765. The molecule has 0 amide bonds. The molecule has 2 rings (SSSR count). The number of carboxylic acid groups (broad SMARTS) is 1. The average molecular weight is 256 g/mol. The van der Waals surface area contributed by atoms with Crippen LogP contribution >= 0.6 is 0 Å². The van der Waals surface area contributed by atoms with Crippen molar-refractivity contribution in [3.05, 3.63) is 0 Å². The average Bonchev–Trinajstić information content (AvgIpc) is 2.27. The smallest absolute Gasteiger partial charge is 0.323 e. The van der Waals surface area contributed by atoms with Gasteiger partial charge in [0.1, 0.15) is 5.54 Å². The zero-order valence-corrected chi connectivity index (χ0v) is 11.3. The van der Waals surface area contributed by atoms with Crippen molar-refractivity contribution >= 4 is 5.97 Å². The summed E-state index contributed by atoms with van der Waals surface area (Å²) in [6.45, 7) is 5.90. The molecular formula is C13H24N2O3. The minimum Gasteiger partial charge on any atom is -0.480 e. The Morgan fingerprint density at radius 3 is 2.56 bits per heavy atom. The third-order valence-electron chi connectivity index (χ3n) is 4.15. The molecule has 1 saturated heterocycles. The number of morpholine rings is 1. The third-order valence-corrected chi connectivity index (χ3v) is 4.15. The maximum absolute atomic E-state index is 11.3. The molecule has 1 aliphatic heterocycles. The van der Waals surface area contributed by atoms with E-state index in [0.29, 0.717) is 12.8 Å². The summed E-state index contributed by atoms with van der Waals surface area (Å²) in [7, 11) is 0. The van der Waals surface area contributed by atoms with Gasteiger partial charge in [-0.2, -0.15) is 0 Å². The minimum atomic E-state index is -1.03. The van der Waals surface area contributed by atoms with Crippen LogP contribution in [0.25, 0.3) is 0 Å². The molecule has 104 valence electrons. The van der Waals surface area contributed by atoms with E-state index in [1.165, 1.54) is 0 Å². The second-order valence-corrected chi connectivity index (χ2v) is 5.92. The molecular weight excluding hydrogens is 232 g/mol. The Labute approximate surface area is 108 Å². The predicted molar refractivity (Wildman–Crippen MR) is 68.4 cm³/mol. The van der Waals surface area contributed by atoms with E-state index in [2.05, 4.69) is 18.7 Å². The van der Waals surface area contributed by atoms with Crippen LogP contribution in [0.5, 0.6) is 0 Å². The number of hydrogen-bond donors (Lipinski definition) is 2. The van der Waals surface area contributed by atoms with Gasteiger partial charge in [0.2, 0.25) is 0 Å². The predicted octanol–water partition coefficient (Wildman–Crippen LogP) is 0.820. The standard InChI is InChI=1S/C13H24N2O3/c1-9-7-15(8-10(2)18-9)11-4-3-5-13(14,6-11)12(16)17/h9-11H,3-8,14H2,1-2H3,(H,16,17). The second kappa shape index (κ2) is 5.15. The van der Waals surface area contributed by atoms with Crippen molar-refractivity contribution in [1.29, 1.82) is 0 Å². The SMILES string of the molecule is CC1CN(C2CCCC(N)(C(=O)O)C2)CC(C)O1. The van der Waals surface area contributed by atoms with Gasteiger partial charge >= 0.3 is 5.97 Å². The molecule has 2 fully saturated rings. The first-order valence-corrected chi connectivity index (χ1v) is 6.82. The summed E-state index contributed by atoms with van der Waals surface area (Å²) >= 11 is 0. The summed E-state index contributed by atoms with van der Waals surface area (Å²) in [5.41, 5.74) is 4.98. The number of nitrogens with two attached hydrogens (primary N) is 1. The first kappa shape index (κ1) is 13.8. The molecule has 1 heterocycles. The third kappa shape index (κ3) is 2.84. The fourth-order valence-corrected chi connectivity index (χ4v) is 3.30. The number of carbonyl (C=O) groups is 1. The van der Waals surface area contributed by atoms with Gasteiger partial charge < -0.3 is 15.6 Å². The van der Waals surface area contributed by atoms with Crippen LogP contribution in [0.1, 0.15) is 39.5 Å². The molecule has 18 heavy (non-hydrogen) atoms. The lowest BCUT2D eigenvalue weighted by Gasteiger charge is -2.44. The van der Waals surface area contributed by atoms with Crippen LogP contribution in [0.3, 0.4) is 0 Å². The summed E-state index contributed by atoms with van der Waals surface area (Å²) in [5.74, 6) is -0.860. The van der Waals surface area contributed by atoms with Gasteiger partial charge in [-0.05, 0) is 39.5 Å². The van der Waals surface area contributed by atoms with Crippen LogP contribution < -0.4 is 5.73 Å². The maximum atomic E-state index is 11.3. The molecule has 0 bridgehead atoms. The summed E-state index contributed by atoms with van der Waals surface area (Å²) in [6.07, 6.45) is 3.52. The van der Waals surface area contributed by atoms with E-state index in [-0.39, 0.29) is 18.2 Å². The van der Waals surface area contributed by atoms with Crippen LogP contribution in [-0.4, -0.2) is 52.9 Å². The molecule has 5 nitrogen and oxygen atoms in total. The van der Waals surface area contributed by atoms with E-state index in [0.717, 1.165) is 25.9 Å². The van der Waals surface area contributed by atoms with Crippen molar-refractivity contribution < 1.29 is 14.6 Å². The Kier molecular flexibility index (Phi) is 3.94. The van der Waals surface area contributed by atoms with E-state index in [1.807, 2.05) is 0 Å². The molecule has 3 N–H and O–H groups in total. The highest BCUT2D eigenvalue weighted by Crippen LogP contribution is 2.31. The summed E-state index contributed by atoms with van der Waals surface area (Å²) in [4.78, 5) is 13.6. The van der Waals surface area contributed by atoms with Gasteiger partial charge in [0.25, 0.3) is 0 Å². The van der Waals surface area contributed by atoms with E-state index in [4.69, 9.17) is 10.5 Å². The largest absolute Gasteiger partial charge is 0.480 e. The van der Waals surface area contributed by atoms with Gasteiger partial charge in [-0.15, -0.1) is 0 Å². The molecule has 0 radical (unpaired) electrons. The maximum Gasteiger partial charge on any atom is 0.323 e.